The molecule has 2 atom stereocenters. The molecule has 0 fully saturated rings. The van der Waals surface area contributed by atoms with Gasteiger partial charge < -0.3 is 20.9 Å². The molecule has 0 aliphatic carbocycles. The van der Waals surface area contributed by atoms with Crippen LogP contribution in [0.4, 0.5) is 18.9 Å². The minimum atomic E-state index is -4.73. The number of nitrogens with zero attached hydrogens (tertiary/aromatic N) is 1. The summed E-state index contributed by atoms with van der Waals surface area (Å²) in [5, 5.41) is 12.5. The standard InChI is InChI=1S/C19H22F3N3O2/c1-13(26)11-15(14-5-3-2-4-6-14)12-24-18(23)25-16-7-9-17(10-8-16)27-19(20,21)22/h2-10,13,15,26H,11-12H2,1H3,(H3,23,24,25). The van der Waals surface area contributed by atoms with Crippen molar-refractivity contribution in [2.45, 2.75) is 31.7 Å². The number of aliphatic imine (C=N–C) groups is 1. The summed E-state index contributed by atoms with van der Waals surface area (Å²) in [5.74, 6) is -0.190. The van der Waals surface area contributed by atoms with Gasteiger partial charge in [0.2, 0.25) is 0 Å². The van der Waals surface area contributed by atoms with Gasteiger partial charge in [-0.25, -0.2) is 0 Å². The lowest BCUT2D eigenvalue weighted by Crippen LogP contribution is -2.24. The van der Waals surface area contributed by atoms with Gasteiger partial charge in [-0.1, -0.05) is 30.3 Å². The second-order valence-corrected chi connectivity index (χ2v) is 6.12. The Labute approximate surface area is 155 Å². The predicted octanol–water partition coefficient (Wildman–Crippen LogP) is 3.87. The van der Waals surface area contributed by atoms with Crippen LogP contribution in [0.25, 0.3) is 0 Å². The quantitative estimate of drug-likeness (QED) is 0.503. The average Bonchev–Trinajstić information content (AvgIpc) is 2.59. The molecule has 0 heterocycles. The van der Waals surface area contributed by atoms with Crippen molar-refractivity contribution in [1.29, 1.82) is 0 Å². The van der Waals surface area contributed by atoms with Gasteiger partial charge in [-0.15, -0.1) is 13.2 Å². The fraction of sp³-hybridized carbons (Fsp3) is 0.316. The number of nitrogens with two attached hydrogens (primary N) is 1. The van der Waals surface area contributed by atoms with Crippen molar-refractivity contribution in [1.82, 2.24) is 0 Å². The Balaban J connectivity index is 1.99. The molecule has 5 nitrogen and oxygen atoms in total. The van der Waals surface area contributed by atoms with Crippen LogP contribution in [0.1, 0.15) is 24.8 Å². The van der Waals surface area contributed by atoms with Crippen molar-refractivity contribution < 1.29 is 23.0 Å². The lowest BCUT2D eigenvalue weighted by atomic mass is 9.93. The third-order valence-electron chi connectivity index (χ3n) is 3.74. The Morgan fingerprint density at radius 1 is 1.15 bits per heavy atom. The lowest BCUT2D eigenvalue weighted by Gasteiger charge is -2.17. The van der Waals surface area contributed by atoms with Crippen molar-refractivity contribution in [2.24, 2.45) is 10.7 Å². The lowest BCUT2D eigenvalue weighted by molar-refractivity contribution is -0.274. The second kappa shape index (κ2) is 9.27. The van der Waals surface area contributed by atoms with Gasteiger partial charge in [0.25, 0.3) is 0 Å². The van der Waals surface area contributed by atoms with Gasteiger partial charge in [-0.3, -0.25) is 4.99 Å². The van der Waals surface area contributed by atoms with E-state index in [4.69, 9.17) is 5.73 Å². The van der Waals surface area contributed by atoms with Gasteiger partial charge >= 0.3 is 6.36 Å². The Kier molecular flexibility index (Phi) is 7.06. The molecule has 4 N–H and O–H groups in total. The number of hydrogen-bond donors (Lipinski definition) is 3. The highest BCUT2D eigenvalue weighted by Crippen LogP contribution is 2.24. The first kappa shape index (κ1) is 20.6. The topological polar surface area (TPSA) is 79.9 Å². The van der Waals surface area contributed by atoms with E-state index in [1.165, 1.54) is 24.3 Å². The normalized spacial score (nSPS) is 14.5. The molecule has 0 aliphatic rings. The smallest absolute Gasteiger partial charge is 0.406 e. The van der Waals surface area contributed by atoms with E-state index in [9.17, 15) is 18.3 Å². The van der Waals surface area contributed by atoms with E-state index in [-0.39, 0.29) is 17.6 Å². The average molecular weight is 381 g/mol. The number of rotatable bonds is 7. The molecule has 2 rings (SSSR count). The molecule has 8 heteroatoms. The first-order valence-electron chi connectivity index (χ1n) is 8.38. The summed E-state index contributed by atoms with van der Waals surface area (Å²) in [5.41, 5.74) is 7.40. The first-order valence-corrected chi connectivity index (χ1v) is 8.38. The van der Waals surface area contributed by atoms with Crippen molar-refractivity contribution in [3.05, 3.63) is 60.2 Å². The number of ether oxygens (including phenoxy) is 1. The largest absolute Gasteiger partial charge is 0.573 e. The van der Waals surface area contributed by atoms with Crippen LogP contribution in [0.15, 0.2) is 59.6 Å². The molecule has 0 radical (unpaired) electrons. The number of benzene rings is 2. The molecule has 0 saturated heterocycles. The third kappa shape index (κ3) is 7.57. The zero-order chi connectivity index (χ0) is 19.9. The molecular weight excluding hydrogens is 359 g/mol. The summed E-state index contributed by atoms with van der Waals surface area (Å²) >= 11 is 0. The van der Waals surface area contributed by atoms with E-state index in [0.29, 0.717) is 18.7 Å². The number of halogens is 3. The summed E-state index contributed by atoms with van der Waals surface area (Å²) < 4.78 is 40.3. The predicted molar refractivity (Wildman–Crippen MR) is 98.7 cm³/mol. The van der Waals surface area contributed by atoms with Crippen molar-refractivity contribution in [2.75, 3.05) is 11.9 Å². The molecular formula is C19H22F3N3O2. The number of nitrogens with one attached hydrogen (secondary N) is 1. The molecule has 2 aromatic carbocycles. The maximum absolute atomic E-state index is 12.2. The van der Waals surface area contributed by atoms with E-state index in [0.717, 1.165) is 5.56 Å². The molecule has 0 aliphatic heterocycles. The summed E-state index contributed by atoms with van der Waals surface area (Å²) in [6.07, 6.45) is -4.68. The van der Waals surface area contributed by atoms with Crippen molar-refractivity contribution in [3.8, 4) is 5.75 Å². The highest BCUT2D eigenvalue weighted by molar-refractivity contribution is 5.92. The molecule has 0 amide bonds. The van der Waals surface area contributed by atoms with E-state index in [2.05, 4.69) is 15.0 Å². The highest BCUT2D eigenvalue weighted by atomic mass is 19.4. The minimum absolute atomic E-state index is 0.00545. The van der Waals surface area contributed by atoms with E-state index >= 15 is 0 Å². The van der Waals surface area contributed by atoms with Gasteiger partial charge in [0, 0.05) is 18.2 Å². The minimum Gasteiger partial charge on any atom is -0.406 e. The van der Waals surface area contributed by atoms with Crippen LogP contribution in [0, 0.1) is 0 Å². The fourth-order valence-corrected chi connectivity index (χ4v) is 2.59. The van der Waals surface area contributed by atoms with Gasteiger partial charge in [0.15, 0.2) is 5.96 Å². The number of aliphatic hydroxyl groups is 1. The van der Waals surface area contributed by atoms with Crippen LogP contribution in [-0.4, -0.2) is 30.1 Å². The summed E-state index contributed by atoms with van der Waals surface area (Å²) in [7, 11) is 0. The Morgan fingerprint density at radius 2 is 1.78 bits per heavy atom. The van der Waals surface area contributed by atoms with Crippen LogP contribution in [0.5, 0.6) is 5.75 Å². The van der Waals surface area contributed by atoms with Crippen molar-refractivity contribution >= 4 is 11.6 Å². The van der Waals surface area contributed by atoms with E-state index in [1.807, 2.05) is 30.3 Å². The number of guanidine groups is 1. The van der Waals surface area contributed by atoms with Crippen LogP contribution in [0.2, 0.25) is 0 Å². The Hall–Kier alpha value is -2.74. The van der Waals surface area contributed by atoms with Gasteiger partial charge in [0.05, 0.1) is 6.10 Å². The van der Waals surface area contributed by atoms with E-state index in [1.54, 1.807) is 6.92 Å². The number of aliphatic hydroxyl groups excluding tert-OH is 1. The number of alkyl halides is 3. The molecule has 0 aromatic heterocycles. The Bertz CT molecular complexity index is 732. The number of anilines is 1. The SMILES string of the molecule is CC(O)CC(CN=C(N)Nc1ccc(OC(F)(F)F)cc1)c1ccccc1. The van der Waals surface area contributed by atoms with Gasteiger partial charge in [-0.05, 0) is 43.2 Å². The summed E-state index contributed by atoms with van der Waals surface area (Å²) in [6, 6.07) is 14.9. The van der Waals surface area contributed by atoms with Crippen LogP contribution >= 0.6 is 0 Å². The molecule has 146 valence electrons. The van der Waals surface area contributed by atoms with Crippen molar-refractivity contribution in [3.63, 3.8) is 0 Å². The maximum atomic E-state index is 12.2. The molecule has 27 heavy (non-hydrogen) atoms. The Morgan fingerprint density at radius 3 is 2.33 bits per heavy atom. The van der Waals surface area contributed by atoms with Crippen LogP contribution in [0.3, 0.4) is 0 Å². The van der Waals surface area contributed by atoms with Crippen LogP contribution < -0.4 is 15.8 Å². The summed E-state index contributed by atoms with van der Waals surface area (Å²) in [4.78, 5) is 4.29. The highest BCUT2D eigenvalue weighted by Gasteiger charge is 2.30. The second-order valence-electron chi connectivity index (χ2n) is 6.12. The van der Waals surface area contributed by atoms with E-state index < -0.39 is 12.5 Å². The molecule has 0 bridgehead atoms. The molecule has 2 unspecified atom stereocenters. The van der Waals surface area contributed by atoms with Gasteiger partial charge in [-0.2, -0.15) is 0 Å². The first-order chi connectivity index (χ1) is 12.7. The molecule has 2 aromatic rings. The fourth-order valence-electron chi connectivity index (χ4n) is 2.59. The zero-order valence-electron chi connectivity index (χ0n) is 14.8. The zero-order valence-corrected chi connectivity index (χ0v) is 14.8. The molecule has 0 saturated carbocycles. The third-order valence-corrected chi connectivity index (χ3v) is 3.74. The summed E-state index contributed by atoms with van der Waals surface area (Å²) in [6.45, 7) is 2.08. The maximum Gasteiger partial charge on any atom is 0.573 e. The molecule has 0 spiro atoms. The monoisotopic (exact) mass is 381 g/mol. The van der Waals surface area contributed by atoms with Crippen LogP contribution in [-0.2, 0) is 0 Å². The number of hydrogen-bond acceptors (Lipinski definition) is 3. The van der Waals surface area contributed by atoms with Gasteiger partial charge in [0.1, 0.15) is 5.75 Å².